The largest absolute Gasteiger partial charge is 0.480 e. The number of carboxylic acids is 1. The Kier molecular flexibility index (Phi) is 10.1. The number of nitrogens with one attached hydrogen (secondary N) is 2. The lowest BCUT2D eigenvalue weighted by Crippen LogP contribution is -2.55. The van der Waals surface area contributed by atoms with Gasteiger partial charge in [0, 0.05) is 37.4 Å². The van der Waals surface area contributed by atoms with Crippen molar-refractivity contribution in [3.8, 4) is 22.8 Å². The molecule has 1 aromatic heterocycles. The molecule has 5 rings (SSSR count). The number of aliphatic carboxylic acids is 1. The Morgan fingerprint density at radius 1 is 1.00 bits per heavy atom. The molecule has 3 N–H and O–H groups in total. The first-order valence-electron chi connectivity index (χ1n) is 14.9. The molecule has 13 nitrogen and oxygen atoms in total. The fraction of sp³-hybridized carbons (Fsp3) is 0.312. The summed E-state index contributed by atoms with van der Waals surface area (Å²) in [5.74, 6) is -2.60. The smallest absolute Gasteiger partial charge is 0.412 e. The maximum atomic E-state index is 15.2. The van der Waals surface area contributed by atoms with E-state index in [1.807, 2.05) is 0 Å². The third-order valence-corrected chi connectivity index (χ3v) is 8.91. The number of anilines is 2. The van der Waals surface area contributed by atoms with Crippen molar-refractivity contribution in [1.29, 1.82) is 0 Å². The number of carbonyl (C=O) groups excluding carboxylic acids is 1. The number of amides is 1. The van der Waals surface area contributed by atoms with E-state index in [1.165, 1.54) is 18.2 Å². The minimum atomic E-state index is -4.24. The number of halogens is 2. The van der Waals surface area contributed by atoms with Crippen molar-refractivity contribution >= 4 is 33.6 Å². The number of nitrogens with zero attached hydrogens (tertiary/aromatic N) is 4. The van der Waals surface area contributed by atoms with Crippen LogP contribution in [-0.4, -0.2) is 77.9 Å². The SMILES string of the molecule is CC(C)(C)OC(=O)Nc1ccc(-c2nc(-c3ccc(CC(NS(=O)(=O)N4CCN(c5ccccc5F)CC4)C(=O)O)cc3F)no2)cc1. The first-order chi connectivity index (χ1) is 22.7. The van der Waals surface area contributed by atoms with E-state index >= 15 is 4.39 Å². The van der Waals surface area contributed by atoms with Crippen molar-refractivity contribution in [2.24, 2.45) is 0 Å². The molecule has 1 aliphatic rings. The third-order valence-electron chi connectivity index (χ3n) is 7.28. The van der Waals surface area contributed by atoms with Crippen molar-refractivity contribution < 1.29 is 41.2 Å². The number of hydrogen-bond acceptors (Lipinski definition) is 9. The fourth-order valence-corrected chi connectivity index (χ4v) is 6.32. The lowest BCUT2D eigenvalue weighted by molar-refractivity contribution is -0.138. The van der Waals surface area contributed by atoms with Crippen LogP contribution < -0.4 is 14.9 Å². The Bertz CT molecular complexity index is 1890. The molecule has 1 amide bonds. The number of carboxylic acid groups (broad SMARTS) is 1. The van der Waals surface area contributed by atoms with E-state index in [2.05, 4.69) is 20.2 Å². The summed E-state index contributed by atoms with van der Waals surface area (Å²) in [7, 11) is -4.24. The zero-order valence-corrected chi connectivity index (χ0v) is 27.1. The predicted octanol–water partition coefficient (Wildman–Crippen LogP) is 4.68. The average molecular weight is 685 g/mol. The number of aromatic nitrogens is 2. The minimum absolute atomic E-state index is 0.0130. The number of ether oxygens (including phenoxy) is 1. The van der Waals surface area contributed by atoms with Gasteiger partial charge in [-0.2, -0.15) is 22.4 Å². The van der Waals surface area contributed by atoms with Crippen molar-refractivity contribution in [3.63, 3.8) is 0 Å². The van der Waals surface area contributed by atoms with E-state index in [-0.39, 0.29) is 55.4 Å². The van der Waals surface area contributed by atoms with Gasteiger partial charge in [-0.1, -0.05) is 23.4 Å². The van der Waals surface area contributed by atoms with Crippen LogP contribution >= 0.6 is 0 Å². The fourth-order valence-electron chi connectivity index (χ4n) is 4.98. The summed E-state index contributed by atoms with van der Waals surface area (Å²) in [6.45, 7) is 5.69. The van der Waals surface area contributed by atoms with Gasteiger partial charge >= 0.3 is 12.1 Å². The summed E-state index contributed by atoms with van der Waals surface area (Å²) < 4.78 is 69.4. The maximum absolute atomic E-state index is 15.2. The van der Waals surface area contributed by atoms with Crippen molar-refractivity contribution in [3.05, 3.63) is 83.9 Å². The molecular formula is C32H34F2N6O7S. The van der Waals surface area contributed by atoms with Crippen molar-refractivity contribution in [2.75, 3.05) is 36.4 Å². The number of carbonyl (C=O) groups is 2. The van der Waals surface area contributed by atoms with Gasteiger partial charge in [0.1, 0.15) is 23.3 Å². The summed E-state index contributed by atoms with van der Waals surface area (Å²) in [5.41, 5.74) is 0.878. The van der Waals surface area contributed by atoms with E-state index in [0.29, 0.717) is 16.9 Å². The topological polar surface area (TPSA) is 167 Å². The molecule has 0 aliphatic carbocycles. The van der Waals surface area contributed by atoms with Gasteiger partial charge in [0.15, 0.2) is 0 Å². The molecule has 1 aliphatic heterocycles. The van der Waals surface area contributed by atoms with Gasteiger partial charge in [0.25, 0.3) is 16.1 Å². The quantitative estimate of drug-likeness (QED) is 0.213. The second-order valence-corrected chi connectivity index (χ2v) is 13.7. The molecule has 254 valence electrons. The molecule has 0 spiro atoms. The molecule has 1 unspecified atom stereocenters. The highest BCUT2D eigenvalue weighted by molar-refractivity contribution is 7.87. The standard InChI is InChI=1S/C32H34F2N6O7S/c1-32(2,3)46-31(43)35-22-11-9-21(10-12-22)29-36-28(37-47-29)23-13-8-20(18-25(23)34)19-26(30(41)42)38-48(44,45)40-16-14-39(15-17-40)27-7-5-4-6-24(27)33/h4-13,18,26,38H,14-17,19H2,1-3H3,(H,35,43)(H,41,42). The highest BCUT2D eigenvalue weighted by Crippen LogP contribution is 2.27. The Morgan fingerprint density at radius 3 is 2.31 bits per heavy atom. The van der Waals surface area contributed by atoms with Crippen LogP contribution in [0.25, 0.3) is 22.8 Å². The molecule has 48 heavy (non-hydrogen) atoms. The number of benzene rings is 3. The molecule has 2 heterocycles. The van der Waals surface area contributed by atoms with Crippen LogP contribution in [0.5, 0.6) is 0 Å². The van der Waals surface area contributed by atoms with E-state index in [4.69, 9.17) is 9.26 Å². The molecule has 3 aromatic carbocycles. The maximum Gasteiger partial charge on any atom is 0.412 e. The van der Waals surface area contributed by atoms with Crippen LogP contribution in [0, 0.1) is 11.6 Å². The Hall–Kier alpha value is -4.93. The monoisotopic (exact) mass is 684 g/mol. The number of hydrogen-bond donors (Lipinski definition) is 3. The van der Waals surface area contributed by atoms with Crippen LogP contribution in [0.4, 0.5) is 25.0 Å². The normalized spacial score (nSPS) is 14.8. The Labute approximate surface area is 275 Å². The molecule has 0 saturated carbocycles. The molecule has 0 bridgehead atoms. The molecule has 0 radical (unpaired) electrons. The molecular weight excluding hydrogens is 650 g/mol. The molecule has 1 atom stereocenters. The average Bonchev–Trinajstić information content (AvgIpc) is 3.50. The highest BCUT2D eigenvalue weighted by atomic mass is 32.2. The van der Waals surface area contributed by atoms with Crippen LogP contribution in [-0.2, 0) is 26.2 Å². The van der Waals surface area contributed by atoms with E-state index < -0.39 is 45.5 Å². The van der Waals surface area contributed by atoms with Gasteiger partial charge in [-0.25, -0.2) is 13.6 Å². The second-order valence-electron chi connectivity index (χ2n) is 12.0. The predicted molar refractivity (Wildman–Crippen MR) is 172 cm³/mol. The highest BCUT2D eigenvalue weighted by Gasteiger charge is 2.32. The third kappa shape index (κ3) is 8.50. The minimum Gasteiger partial charge on any atom is -0.480 e. The molecule has 4 aromatic rings. The van der Waals surface area contributed by atoms with Gasteiger partial charge < -0.3 is 19.3 Å². The van der Waals surface area contributed by atoms with Gasteiger partial charge in [-0.15, -0.1) is 0 Å². The van der Waals surface area contributed by atoms with Gasteiger partial charge in [0.05, 0.1) is 11.3 Å². The number of piperazine rings is 1. The number of rotatable bonds is 10. The molecule has 1 fully saturated rings. The first-order valence-corrected chi connectivity index (χ1v) is 16.4. The van der Waals surface area contributed by atoms with Crippen LogP contribution in [0.1, 0.15) is 26.3 Å². The lowest BCUT2D eigenvalue weighted by atomic mass is 10.0. The Morgan fingerprint density at radius 2 is 1.69 bits per heavy atom. The van der Waals surface area contributed by atoms with Crippen molar-refractivity contribution in [2.45, 2.75) is 38.8 Å². The second kappa shape index (κ2) is 14.0. The molecule has 16 heteroatoms. The summed E-state index contributed by atoms with van der Waals surface area (Å²) in [6.07, 6.45) is -0.958. The van der Waals surface area contributed by atoms with Gasteiger partial charge in [0.2, 0.25) is 5.82 Å². The summed E-state index contributed by atoms with van der Waals surface area (Å²) in [4.78, 5) is 30.0. The van der Waals surface area contributed by atoms with Crippen LogP contribution in [0.15, 0.2) is 71.3 Å². The zero-order chi connectivity index (χ0) is 34.6. The van der Waals surface area contributed by atoms with E-state index in [1.54, 1.807) is 68.1 Å². The van der Waals surface area contributed by atoms with Crippen LogP contribution in [0.3, 0.4) is 0 Å². The summed E-state index contributed by atoms with van der Waals surface area (Å²) >= 11 is 0. The Balaban J connectivity index is 1.21. The zero-order valence-electron chi connectivity index (χ0n) is 26.3. The first kappa shape index (κ1) is 34.4. The number of para-hydroxylation sites is 1. The molecule has 1 saturated heterocycles. The summed E-state index contributed by atoms with van der Waals surface area (Å²) in [5, 5.41) is 16.3. The van der Waals surface area contributed by atoms with E-state index in [0.717, 1.165) is 10.4 Å². The van der Waals surface area contributed by atoms with Gasteiger partial charge in [-0.05, 0) is 81.3 Å². The van der Waals surface area contributed by atoms with E-state index in [9.17, 15) is 27.5 Å². The van der Waals surface area contributed by atoms with Gasteiger partial charge in [-0.3, -0.25) is 10.1 Å². The van der Waals surface area contributed by atoms with Crippen molar-refractivity contribution in [1.82, 2.24) is 19.2 Å². The lowest BCUT2D eigenvalue weighted by Gasteiger charge is -2.35. The van der Waals surface area contributed by atoms with Crippen LogP contribution in [0.2, 0.25) is 0 Å². The summed E-state index contributed by atoms with van der Waals surface area (Å²) in [6, 6.07) is 14.9.